The van der Waals surface area contributed by atoms with Crippen molar-refractivity contribution >= 4 is 34.3 Å². The number of ether oxygens (including phenoxy) is 1. The van der Waals surface area contributed by atoms with Crippen molar-refractivity contribution in [3.63, 3.8) is 0 Å². The molecule has 1 heterocycles. The summed E-state index contributed by atoms with van der Waals surface area (Å²) in [6, 6.07) is 23.5. The van der Waals surface area contributed by atoms with Gasteiger partial charge >= 0.3 is 6.09 Å². The summed E-state index contributed by atoms with van der Waals surface area (Å²) in [7, 11) is 1.63. The van der Waals surface area contributed by atoms with Crippen molar-refractivity contribution in [3.05, 3.63) is 101 Å². The van der Waals surface area contributed by atoms with Crippen molar-refractivity contribution in [2.45, 2.75) is 6.10 Å². The fourth-order valence-electron chi connectivity index (χ4n) is 3.28. The predicted octanol–water partition coefficient (Wildman–Crippen LogP) is 5.96. The molecule has 3 aromatic carbocycles. The van der Waals surface area contributed by atoms with Crippen LogP contribution in [0.3, 0.4) is 0 Å². The lowest BCUT2D eigenvalue weighted by molar-refractivity contribution is 0.123. The van der Waals surface area contributed by atoms with Crippen LogP contribution in [0.2, 0.25) is 5.02 Å². The SMILES string of the molecule is CN(C(=O)OC(c1ccccc1)c1cc(Cl)c2cccnc2c1O)c1ccccc1. The molecule has 30 heavy (non-hydrogen) atoms. The normalized spacial score (nSPS) is 11.8. The summed E-state index contributed by atoms with van der Waals surface area (Å²) in [5, 5.41) is 12.0. The highest BCUT2D eigenvalue weighted by molar-refractivity contribution is 6.35. The fraction of sp³-hybridized carbons (Fsp3) is 0.0833. The Morgan fingerprint density at radius 1 is 1.03 bits per heavy atom. The predicted molar refractivity (Wildman–Crippen MR) is 118 cm³/mol. The van der Waals surface area contributed by atoms with Crippen molar-refractivity contribution in [2.24, 2.45) is 0 Å². The molecule has 0 saturated carbocycles. The maximum absolute atomic E-state index is 12.9. The molecule has 1 amide bonds. The Labute approximate surface area is 179 Å². The number of hydrogen-bond donors (Lipinski definition) is 1. The van der Waals surface area contributed by atoms with Gasteiger partial charge in [-0.3, -0.25) is 9.88 Å². The Morgan fingerprint density at radius 3 is 2.40 bits per heavy atom. The molecule has 0 aliphatic carbocycles. The first-order chi connectivity index (χ1) is 14.6. The van der Waals surface area contributed by atoms with E-state index in [0.717, 1.165) is 0 Å². The summed E-state index contributed by atoms with van der Waals surface area (Å²) in [4.78, 5) is 18.6. The van der Waals surface area contributed by atoms with Crippen LogP contribution in [0.25, 0.3) is 10.9 Å². The number of pyridine rings is 1. The van der Waals surface area contributed by atoms with Gasteiger partial charge in [-0.25, -0.2) is 4.79 Å². The number of anilines is 1. The Hall–Kier alpha value is -3.57. The van der Waals surface area contributed by atoms with E-state index in [2.05, 4.69) is 4.98 Å². The quantitative estimate of drug-likeness (QED) is 0.444. The van der Waals surface area contributed by atoms with Crippen molar-refractivity contribution in [2.75, 3.05) is 11.9 Å². The number of carbonyl (C=O) groups is 1. The number of benzene rings is 3. The van der Waals surface area contributed by atoms with Gasteiger partial charge in [0.1, 0.15) is 11.3 Å². The van der Waals surface area contributed by atoms with Crippen LogP contribution in [0.5, 0.6) is 5.75 Å². The van der Waals surface area contributed by atoms with E-state index in [1.165, 1.54) is 4.90 Å². The molecule has 1 aromatic heterocycles. The van der Waals surface area contributed by atoms with Crippen molar-refractivity contribution in [3.8, 4) is 5.75 Å². The van der Waals surface area contributed by atoms with E-state index in [4.69, 9.17) is 16.3 Å². The molecule has 6 heteroatoms. The molecule has 4 rings (SSSR count). The monoisotopic (exact) mass is 418 g/mol. The van der Waals surface area contributed by atoms with Crippen LogP contribution < -0.4 is 4.90 Å². The van der Waals surface area contributed by atoms with Crippen LogP contribution in [0.1, 0.15) is 17.2 Å². The smallest absolute Gasteiger partial charge is 0.414 e. The van der Waals surface area contributed by atoms with Gasteiger partial charge in [-0.2, -0.15) is 0 Å². The van der Waals surface area contributed by atoms with Gasteiger partial charge in [0.2, 0.25) is 0 Å². The maximum atomic E-state index is 12.9. The van der Waals surface area contributed by atoms with Gasteiger partial charge in [0.05, 0.1) is 5.02 Å². The van der Waals surface area contributed by atoms with Crippen molar-refractivity contribution in [1.82, 2.24) is 4.98 Å². The molecule has 0 aliphatic rings. The number of halogens is 1. The lowest BCUT2D eigenvalue weighted by Gasteiger charge is -2.24. The van der Waals surface area contributed by atoms with Crippen LogP contribution in [0.4, 0.5) is 10.5 Å². The Kier molecular flexibility index (Phi) is 5.55. The molecular weight excluding hydrogens is 400 g/mol. The summed E-state index contributed by atoms with van der Waals surface area (Å²) < 4.78 is 5.86. The minimum Gasteiger partial charge on any atom is -0.505 e. The zero-order valence-electron chi connectivity index (χ0n) is 16.2. The van der Waals surface area contributed by atoms with E-state index < -0.39 is 12.2 Å². The lowest BCUT2D eigenvalue weighted by Crippen LogP contribution is -2.28. The minimum absolute atomic E-state index is 0.0704. The van der Waals surface area contributed by atoms with E-state index >= 15 is 0 Å². The zero-order chi connectivity index (χ0) is 21.1. The number of phenolic OH excluding ortho intramolecular Hbond substituents is 1. The van der Waals surface area contributed by atoms with Gasteiger partial charge in [0.25, 0.3) is 0 Å². The summed E-state index contributed by atoms with van der Waals surface area (Å²) in [5.41, 5.74) is 2.12. The molecule has 5 nitrogen and oxygen atoms in total. The van der Waals surface area contributed by atoms with Gasteiger partial charge in [-0.1, -0.05) is 60.1 Å². The molecule has 1 N–H and O–H groups in total. The lowest BCUT2D eigenvalue weighted by atomic mass is 9.98. The molecule has 0 saturated heterocycles. The standard InChI is InChI=1S/C24H19ClN2O3/c1-27(17-11-6-3-7-12-17)24(29)30-23(16-9-4-2-5-10-16)19-15-20(25)18-13-8-14-26-21(18)22(19)28/h2-15,23,28H,1H3. The van der Waals surface area contributed by atoms with E-state index in [1.807, 2.05) is 60.7 Å². The number of aromatic hydroxyl groups is 1. The van der Waals surface area contributed by atoms with Gasteiger partial charge in [0.15, 0.2) is 6.10 Å². The maximum Gasteiger partial charge on any atom is 0.414 e. The molecule has 0 radical (unpaired) electrons. The molecule has 150 valence electrons. The second-order valence-corrected chi connectivity index (χ2v) is 7.17. The number of phenols is 1. The molecular formula is C24H19ClN2O3. The minimum atomic E-state index is -0.867. The van der Waals surface area contributed by atoms with Gasteiger partial charge in [-0.15, -0.1) is 0 Å². The van der Waals surface area contributed by atoms with Crippen LogP contribution in [0, 0.1) is 0 Å². The number of amides is 1. The van der Waals surface area contributed by atoms with Crippen LogP contribution in [-0.2, 0) is 4.74 Å². The first kappa shape index (κ1) is 19.7. The Bertz CT molecular complexity index is 1180. The van der Waals surface area contributed by atoms with Gasteiger partial charge < -0.3 is 9.84 Å². The van der Waals surface area contributed by atoms with Crippen LogP contribution in [0.15, 0.2) is 85.1 Å². The molecule has 0 spiro atoms. The zero-order valence-corrected chi connectivity index (χ0v) is 17.0. The van der Waals surface area contributed by atoms with Crippen LogP contribution >= 0.6 is 11.6 Å². The fourth-order valence-corrected chi connectivity index (χ4v) is 3.55. The largest absolute Gasteiger partial charge is 0.505 e. The Morgan fingerprint density at radius 2 is 1.70 bits per heavy atom. The number of fused-ring (bicyclic) bond motifs is 1. The number of rotatable bonds is 4. The van der Waals surface area contributed by atoms with Crippen molar-refractivity contribution in [1.29, 1.82) is 0 Å². The van der Waals surface area contributed by atoms with Gasteiger partial charge in [-0.05, 0) is 35.9 Å². The average Bonchev–Trinajstić information content (AvgIpc) is 2.80. The summed E-state index contributed by atoms with van der Waals surface area (Å²) in [5.74, 6) is -0.0704. The third kappa shape index (κ3) is 3.80. The number of nitrogens with zero attached hydrogens (tertiary/aromatic N) is 2. The highest BCUT2D eigenvalue weighted by Gasteiger charge is 2.26. The molecule has 0 fully saturated rings. The molecule has 1 unspecified atom stereocenters. The summed E-state index contributed by atoms with van der Waals surface area (Å²) in [6.45, 7) is 0. The van der Waals surface area contributed by atoms with Crippen molar-refractivity contribution < 1.29 is 14.6 Å². The molecule has 0 bridgehead atoms. The first-order valence-electron chi connectivity index (χ1n) is 9.36. The number of para-hydroxylation sites is 1. The topological polar surface area (TPSA) is 62.7 Å². The summed E-state index contributed by atoms with van der Waals surface area (Å²) in [6.07, 6.45) is 0.148. The highest BCUT2D eigenvalue weighted by atomic mass is 35.5. The van der Waals surface area contributed by atoms with E-state index in [-0.39, 0.29) is 5.75 Å². The van der Waals surface area contributed by atoms with E-state index in [9.17, 15) is 9.90 Å². The van der Waals surface area contributed by atoms with E-state index in [0.29, 0.717) is 32.7 Å². The average molecular weight is 419 g/mol. The number of aromatic nitrogens is 1. The number of hydrogen-bond acceptors (Lipinski definition) is 4. The molecule has 1 atom stereocenters. The summed E-state index contributed by atoms with van der Waals surface area (Å²) >= 11 is 6.46. The molecule has 4 aromatic rings. The first-order valence-corrected chi connectivity index (χ1v) is 9.74. The second kappa shape index (κ2) is 8.43. The number of carbonyl (C=O) groups excluding carboxylic acids is 1. The highest BCUT2D eigenvalue weighted by Crippen LogP contribution is 2.40. The second-order valence-electron chi connectivity index (χ2n) is 6.76. The van der Waals surface area contributed by atoms with Gasteiger partial charge in [0, 0.05) is 29.9 Å². The third-order valence-electron chi connectivity index (χ3n) is 4.87. The van der Waals surface area contributed by atoms with E-state index in [1.54, 1.807) is 31.4 Å². The van der Waals surface area contributed by atoms with Crippen LogP contribution in [-0.4, -0.2) is 23.2 Å². The Balaban J connectivity index is 1.78. The molecule has 0 aliphatic heterocycles. The third-order valence-corrected chi connectivity index (χ3v) is 5.18.